The summed E-state index contributed by atoms with van der Waals surface area (Å²) in [5.74, 6) is 0.596. The minimum Gasteiger partial charge on any atom is -0.494 e. The van der Waals surface area contributed by atoms with Gasteiger partial charge in [-0.1, -0.05) is 59.9 Å². The number of benzene rings is 2. The molecule has 0 aliphatic carbocycles. The number of carbonyl (C=O) groups excluding carboxylic acids is 2. The van der Waals surface area contributed by atoms with Gasteiger partial charge in [0.15, 0.2) is 4.34 Å². The maximum atomic E-state index is 12.3. The van der Waals surface area contributed by atoms with E-state index in [9.17, 15) is 9.59 Å². The van der Waals surface area contributed by atoms with E-state index in [-0.39, 0.29) is 22.6 Å². The summed E-state index contributed by atoms with van der Waals surface area (Å²) in [6, 6.07) is 15.2. The molecule has 3 aromatic rings. The normalized spacial score (nSPS) is 10.5. The molecular formula is C22H24N4O3S2. The van der Waals surface area contributed by atoms with E-state index < -0.39 is 0 Å². The fourth-order valence-corrected chi connectivity index (χ4v) is 4.06. The number of rotatable bonds is 10. The predicted molar refractivity (Wildman–Crippen MR) is 124 cm³/mol. The fraction of sp³-hybridized carbons (Fsp3) is 0.273. The van der Waals surface area contributed by atoms with Crippen molar-refractivity contribution in [1.82, 2.24) is 15.5 Å². The average molecular weight is 457 g/mol. The molecule has 0 saturated heterocycles. The number of nitrogens with one attached hydrogen (secondary N) is 2. The molecule has 9 heteroatoms. The average Bonchev–Trinajstić information content (AvgIpc) is 3.26. The molecule has 7 nitrogen and oxygen atoms in total. The van der Waals surface area contributed by atoms with Crippen molar-refractivity contribution in [3.05, 3.63) is 64.7 Å². The van der Waals surface area contributed by atoms with Crippen molar-refractivity contribution >= 4 is 40.6 Å². The summed E-state index contributed by atoms with van der Waals surface area (Å²) in [5, 5.41) is 13.8. The molecule has 162 valence electrons. The molecule has 31 heavy (non-hydrogen) atoms. The second-order valence-corrected chi connectivity index (χ2v) is 8.95. The van der Waals surface area contributed by atoms with E-state index in [1.165, 1.54) is 11.8 Å². The molecule has 0 bridgehead atoms. The quantitative estimate of drug-likeness (QED) is 0.442. The Morgan fingerprint density at radius 1 is 1.06 bits per heavy atom. The highest BCUT2D eigenvalue weighted by Crippen LogP contribution is 2.23. The van der Waals surface area contributed by atoms with Gasteiger partial charge in [-0.3, -0.25) is 9.59 Å². The third-order valence-electron chi connectivity index (χ3n) is 4.12. The van der Waals surface area contributed by atoms with E-state index in [0.29, 0.717) is 23.2 Å². The number of hydrogen-bond acceptors (Lipinski definition) is 7. The molecule has 1 aromatic heterocycles. The third kappa shape index (κ3) is 7.37. The first-order chi connectivity index (χ1) is 15.0. The van der Waals surface area contributed by atoms with E-state index >= 15 is 0 Å². The zero-order valence-electron chi connectivity index (χ0n) is 17.4. The van der Waals surface area contributed by atoms with Gasteiger partial charge in [0.25, 0.3) is 5.91 Å². The molecule has 0 fully saturated rings. The van der Waals surface area contributed by atoms with E-state index in [0.717, 1.165) is 34.6 Å². The number of anilines is 1. The van der Waals surface area contributed by atoms with Crippen molar-refractivity contribution in [3.63, 3.8) is 0 Å². The Kier molecular flexibility index (Phi) is 8.43. The topological polar surface area (TPSA) is 93.2 Å². The summed E-state index contributed by atoms with van der Waals surface area (Å²) >= 11 is 2.42. The molecule has 2 amide bonds. The molecule has 0 spiro atoms. The molecule has 2 N–H and O–H groups in total. The van der Waals surface area contributed by atoms with Gasteiger partial charge in [-0.05, 0) is 43.2 Å². The van der Waals surface area contributed by atoms with Crippen molar-refractivity contribution in [3.8, 4) is 5.75 Å². The first-order valence-electron chi connectivity index (χ1n) is 9.86. The second kappa shape index (κ2) is 11.5. The lowest BCUT2D eigenvalue weighted by Gasteiger charge is -2.07. The number of aromatic nitrogens is 2. The molecule has 2 aromatic carbocycles. The number of hydrogen-bond donors (Lipinski definition) is 2. The van der Waals surface area contributed by atoms with Gasteiger partial charge in [-0.25, -0.2) is 0 Å². The number of ether oxygens (including phenoxy) is 1. The summed E-state index contributed by atoms with van der Waals surface area (Å²) in [6.07, 6.45) is 0.961. The maximum absolute atomic E-state index is 12.3. The van der Waals surface area contributed by atoms with Gasteiger partial charge in [0, 0.05) is 12.2 Å². The Morgan fingerprint density at radius 2 is 1.81 bits per heavy atom. The van der Waals surface area contributed by atoms with Crippen LogP contribution in [0, 0.1) is 6.92 Å². The number of nitrogens with zero attached hydrogens (tertiary/aromatic N) is 2. The molecule has 0 saturated carbocycles. The van der Waals surface area contributed by atoms with Crippen LogP contribution in [0.5, 0.6) is 5.75 Å². The minimum atomic E-state index is -0.316. The van der Waals surface area contributed by atoms with Crippen molar-refractivity contribution in [2.24, 2.45) is 0 Å². The number of aryl methyl sites for hydroxylation is 1. The van der Waals surface area contributed by atoms with Crippen LogP contribution in [0.25, 0.3) is 0 Å². The highest BCUT2D eigenvalue weighted by atomic mass is 32.2. The molecule has 3 rings (SSSR count). The van der Waals surface area contributed by atoms with Crippen LogP contribution in [-0.2, 0) is 11.3 Å². The largest absolute Gasteiger partial charge is 0.494 e. The molecule has 1 heterocycles. The van der Waals surface area contributed by atoms with Gasteiger partial charge in [0.05, 0.1) is 12.4 Å². The molecule has 0 atom stereocenters. The van der Waals surface area contributed by atoms with Crippen molar-refractivity contribution in [2.75, 3.05) is 17.7 Å². The number of amides is 2. The Balaban J connectivity index is 1.41. The van der Waals surface area contributed by atoms with Gasteiger partial charge in [-0.2, -0.15) is 0 Å². The van der Waals surface area contributed by atoms with Gasteiger partial charge in [0.2, 0.25) is 10.9 Å². The smallest absolute Gasteiger partial charge is 0.286 e. The highest BCUT2D eigenvalue weighted by Gasteiger charge is 2.14. The van der Waals surface area contributed by atoms with Crippen LogP contribution in [0.4, 0.5) is 5.69 Å². The highest BCUT2D eigenvalue weighted by molar-refractivity contribution is 8.01. The SMILES string of the molecule is CCCOc1ccc(CNC(=O)CSc2nnc(C(=O)Nc3ccc(C)cc3)s2)cc1. The van der Waals surface area contributed by atoms with Gasteiger partial charge in [0.1, 0.15) is 5.75 Å². The van der Waals surface area contributed by atoms with Gasteiger partial charge < -0.3 is 15.4 Å². The van der Waals surface area contributed by atoms with Gasteiger partial charge >= 0.3 is 0 Å². The van der Waals surface area contributed by atoms with Gasteiger partial charge in [-0.15, -0.1) is 10.2 Å². The lowest BCUT2D eigenvalue weighted by molar-refractivity contribution is -0.118. The summed E-state index contributed by atoms with van der Waals surface area (Å²) in [6.45, 7) is 5.17. The lowest BCUT2D eigenvalue weighted by Crippen LogP contribution is -2.24. The summed E-state index contributed by atoms with van der Waals surface area (Å²) in [7, 11) is 0. The monoisotopic (exact) mass is 456 g/mol. The van der Waals surface area contributed by atoms with Crippen LogP contribution < -0.4 is 15.4 Å². The Morgan fingerprint density at radius 3 is 2.52 bits per heavy atom. The summed E-state index contributed by atoms with van der Waals surface area (Å²) < 4.78 is 6.12. The van der Waals surface area contributed by atoms with E-state index in [2.05, 4.69) is 27.8 Å². The Hall–Kier alpha value is -2.91. The summed E-state index contributed by atoms with van der Waals surface area (Å²) in [5.41, 5.74) is 2.81. The molecule has 0 unspecified atom stereocenters. The standard InChI is InChI=1S/C22H24N4O3S2/c1-3-12-29-18-10-6-16(7-11-18)13-23-19(27)14-30-22-26-25-21(31-22)20(28)24-17-8-4-15(2)5-9-17/h4-11H,3,12-14H2,1-2H3,(H,23,27)(H,24,28). The summed E-state index contributed by atoms with van der Waals surface area (Å²) in [4.78, 5) is 24.4. The third-order valence-corrected chi connectivity index (χ3v) is 6.18. The van der Waals surface area contributed by atoms with Crippen LogP contribution >= 0.6 is 23.1 Å². The maximum Gasteiger partial charge on any atom is 0.286 e. The molecular weight excluding hydrogens is 432 g/mol. The first kappa shape index (κ1) is 22.8. The van der Waals surface area contributed by atoms with E-state index in [1.54, 1.807) is 0 Å². The number of carbonyl (C=O) groups is 2. The van der Waals surface area contributed by atoms with Crippen LogP contribution in [0.15, 0.2) is 52.9 Å². The van der Waals surface area contributed by atoms with E-state index in [1.807, 2.05) is 55.5 Å². The second-order valence-electron chi connectivity index (χ2n) is 6.75. The van der Waals surface area contributed by atoms with Crippen molar-refractivity contribution in [2.45, 2.75) is 31.2 Å². The molecule has 0 aliphatic heterocycles. The van der Waals surface area contributed by atoms with Crippen molar-refractivity contribution in [1.29, 1.82) is 0 Å². The van der Waals surface area contributed by atoms with Crippen LogP contribution in [0.3, 0.4) is 0 Å². The van der Waals surface area contributed by atoms with E-state index in [4.69, 9.17) is 4.74 Å². The Bertz CT molecular complexity index is 1000. The predicted octanol–water partition coefficient (Wildman–Crippen LogP) is 4.30. The van der Waals surface area contributed by atoms with Crippen LogP contribution in [0.1, 0.15) is 34.3 Å². The zero-order valence-corrected chi connectivity index (χ0v) is 19.0. The Labute approximate surface area is 189 Å². The number of thioether (sulfide) groups is 1. The molecule has 0 radical (unpaired) electrons. The van der Waals surface area contributed by atoms with Crippen LogP contribution in [-0.4, -0.2) is 34.4 Å². The van der Waals surface area contributed by atoms with Crippen LogP contribution in [0.2, 0.25) is 0 Å². The minimum absolute atomic E-state index is 0.114. The zero-order chi connectivity index (χ0) is 22.1. The van der Waals surface area contributed by atoms with Crippen molar-refractivity contribution < 1.29 is 14.3 Å². The molecule has 0 aliphatic rings. The first-order valence-corrected chi connectivity index (χ1v) is 11.7. The lowest BCUT2D eigenvalue weighted by atomic mass is 10.2. The fourth-order valence-electron chi connectivity index (χ4n) is 2.48.